The average Bonchev–Trinajstić information content (AvgIpc) is 3.56. The first-order valence-corrected chi connectivity index (χ1v) is 16.4. The first-order chi connectivity index (χ1) is 23.0. The quantitative estimate of drug-likeness (QED) is 0.196. The fourth-order valence-corrected chi connectivity index (χ4v) is 7.85. The van der Waals surface area contributed by atoms with E-state index in [9.17, 15) is 0 Å². The van der Waals surface area contributed by atoms with Crippen molar-refractivity contribution in [3.63, 3.8) is 0 Å². The van der Waals surface area contributed by atoms with Gasteiger partial charge in [0.1, 0.15) is 0 Å². The Hall–Kier alpha value is -5.67. The molecule has 0 bridgehead atoms. The van der Waals surface area contributed by atoms with Crippen LogP contribution < -0.4 is 0 Å². The molecule has 0 N–H and O–H groups in total. The molecule has 3 heteroatoms. The minimum absolute atomic E-state index is 0.0542. The van der Waals surface area contributed by atoms with E-state index in [2.05, 4.69) is 176 Å². The molecule has 6 aromatic carbocycles. The van der Waals surface area contributed by atoms with Crippen LogP contribution >= 0.6 is 0 Å². The van der Waals surface area contributed by atoms with Crippen molar-refractivity contribution >= 4 is 27.8 Å². The SMILES string of the molecule is CN1C(n2c3ccccc3c3cc4c(cc32)C(C)(C)c2ccccc2-4)=NC=CC1c1ccc(-c2cccc(-c3ccccc3)c2)cc1. The van der Waals surface area contributed by atoms with Crippen molar-refractivity contribution in [2.75, 3.05) is 7.05 Å². The molecule has 1 aromatic heterocycles. The second-order valence-corrected chi connectivity index (χ2v) is 13.3. The lowest BCUT2D eigenvalue weighted by molar-refractivity contribution is 0.420. The van der Waals surface area contributed by atoms with E-state index in [-0.39, 0.29) is 11.5 Å². The van der Waals surface area contributed by atoms with Crippen molar-refractivity contribution in [1.29, 1.82) is 0 Å². The van der Waals surface area contributed by atoms with E-state index in [1.165, 1.54) is 71.9 Å². The number of likely N-dealkylation sites (N-methyl/N-ethyl adjacent to an activating group) is 1. The Bertz CT molecular complexity index is 2390. The molecule has 0 spiro atoms. The van der Waals surface area contributed by atoms with E-state index in [4.69, 9.17) is 4.99 Å². The van der Waals surface area contributed by atoms with Crippen LogP contribution in [0.4, 0.5) is 0 Å². The summed E-state index contributed by atoms with van der Waals surface area (Å²) in [5, 5.41) is 2.51. The summed E-state index contributed by atoms with van der Waals surface area (Å²) in [6.07, 6.45) is 4.17. The van der Waals surface area contributed by atoms with Crippen molar-refractivity contribution in [3.05, 3.63) is 168 Å². The molecular formula is C44H35N3. The Morgan fingerprint density at radius 3 is 2.04 bits per heavy atom. The highest BCUT2D eigenvalue weighted by Gasteiger charge is 2.36. The van der Waals surface area contributed by atoms with E-state index < -0.39 is 0 Å². The molecule has 2 aliphatic rings. The summed E-state index contributed by atoms with van der Waals surface area (Å²) < 4.78 is 2.37. The lowest BCUT2D eigenvalue weighted by atomic mass is 9.82. The zero-order chi connectivity index (χ0) is 31.7. The van der Waals surface area contributed by atoms with Gasteiger partial charge in [-0.05, 0) is 80.4 Å². The largest absolute Gasteiger partial charge is 0.334 e. The molecule has 226 valence electrons. The van der Waals surface area contributed by atoms with Crippen LogP contribution in [0, 0.1) is 0 Å². The van der Waals surface area contributed by atoms with Crippen molar-refractivity contribution in [3.8, 4) is 33.4 Å². The maximum atomic E-state index is 5.03. The number of para-hydroxylation sites is 1. The van der Waals surface area contributed by atoms with E-state index in [1.807, 2.05) is 6.20 Å². The van der Waals surface area contributed by atoms with Gasteiger partial charge in [-0.25, -0.2) is 4.99 Å². The molecule has 9 rings (SSSR count). The molecule has 0 radical (unpaired) electrons. The van der Waals surface area contributed by atoms with E-state index in [1.54, 1.807) is 0 Å². The third kappa shape index (κ3) is 4.23. The number of fused-ring (bicyclic) bond motifs is 6. The number of hydrogen-bond donors (Lipinski definition) is 0. The van der Waals surface area contributed by atoms with E-state index in [0.717, 1.165) is 5.96 Å². The number of nitrogens with zero attached hydrogens (tertiary/aromatic N) is 3. The predicted octanol–water partition coefficient (Wildman–Crippen LogP) is 10.8. The van der Waals surface area contributed by atoms with Gasteiger partial charge in [-0.3, -0.25) is 4.57 Å². The van der Waals surface area contributed by atoms with Crippen LogP contribution in [-0.4, -0.2) is 22.5 Å². The zero-order valence-electron chi connectivity index (χ0n) is 26.9. The summed E-state index contributed by atoms with van der Waals surface area (Å²) in [7, 11) is 2.16. The Balaban J connectivity index is 1.10. The predicted molar refractivity (Wildman–Crippen MR) is 197 cm³/mol. The van der Waals surface area contributed by atoms with Crippen molar-refractivity contribution in [2.24, 2.45) is 4.99 Å². The van der Waals surface area contributed by atoms with Crippen LogP contribution in [0.15, 0.2) is 157 Å². The van der Waals surface area contributed by atoms with Gasteiger partial charge >= 0.3 is 0 Å². The second kappa shape index (κ2) is 10.4. The molecule has 47 heavy (non-hydrogen) atoms. The summed E-state index contributed by atoms with van der Waals surface area (Å²) in [5.41, 5.74) is 13.9. The van der Waals surface area contributed by atoms with Gasteiger partial charge in [0.15, 0.2) is 0 Å². The number of rotatable bonds is 3. The Labute approximate surface area is 275 Å². The summed E-state index contributed by atoms with van der Waals surface area (Å²) in [6.45, 7) is 4.70. The first-order valence-electron chi connectivity index (χ1n) is 16.4. The van der Waals surface area contributed by atoms with Crippen LogP contribution in [0.3, 0.4) is 0 Å². The molecule has 1 atom stereocenters. The van der Waals surface area contributed by atoms with E-state index >= 15 is 0 Å². The van der Waals surface area contributed by atoms with Crippen molar-refractivity contribution in [2.45, 2.75) is 25.3 Å². The minimum atomic E-state index is -0.0769. The van der Waals surface area contributed by atoms with Gasteiger partial charge < -0.3 is 4.90 Å². The smallest absolute Gasteiger partial charge is 0.211 e. The molecule has 7 aromatic rings. The number of hydrogen-bond acceptors (Lipinski definition) is 2. The highest BCUT2D eigenvalue weighted by Crippen LogP contribution is 2.50. The summed E-state index contributed by atoms with van der Waals surface area (Å²) in [5.74, 6) is 0.927. The first kappa shape index (κ1) is 27.6. The standard InChI is InChI=1S/C44H35N3/c1-44(2)38-18-9-7-16-34(38)36-27-37-35-17-8-10-19-41(35)47(42(37)28-39(36)44)43-45-25-24-40(46(43)3)31-22-20-30(21-23-31)33-15-11-14-32(26-33)29-12-5-4-6-13-29/h4-28,40H,1-3H3. The van der Waals surface area contributed by atoms with Crippen LogP contribution in [-0.2, 0) is 5.41 Å². The molecule has 2 heterocycles. The van der Waals surface area contributed by atoms with Crippen LogP contribution in [0.1, 0.15) is 36.6 Å². The molecule has 0 saturated heterocycles. The van der Waals surface area contributed by atoms with Gasteiger partial charge in [-0.1, -0.05) is 129 Å². The summed E-state index contributed by atoms with van der Waals surface area (Å²) in [4.78, 5) is 7.34. The van der Waals surface area contributed by atoms with Crippen LogP contribution in [0.2, 0.25) is 0 Å². The maximum absolute atomic E-state index is 5.03. The number of aromatic nitrogens is 1. The molecule has 1 aliphatic heterocycles. The number of aliphatic imine (C=N–C) groups is 1. The molecule has 3 nitrogen and oxygen atoms in total. The van der Waals surface area contributed by atoms with Crippen molar-refractivity contribution in [1.82, 2.24) is 9.47 Å². The fourth-order valence-electron chi connectivity index (χ4n) is 7.85. The highest BCUT2D eigenvalue weighted by molar-refractivity contribution is 6.15. The minimum Gasteiger partial charge on any atom is -0.334 e. The van der Waals surface area contributed by atoms with Gasteiger partial charge in [0, 0.05) is 29.4 Å². The van der Waals surface area contributed by atoms with Crippen LogP contribution in [0.5, 0.6) is 0 Å². The number of benzene rings is 6. The molecule has 0 saturated carbocycles. The lowest BCUT2D eigenvalue weighted by Gasteiger charge is -2.32. The molecule has 1 aliphatic carbocycles. The van der Waals surface area contributed by atoms with Crippen molar-refractivity contribution < 1.29 is 0 Å². The Kier molecular flexibility index (Phi) is 6.13. The second-order valence-electron chi connectivity index (χ2n) is 13.3. The molecule has 0 fully saturated rings. The zero-order valence-corrected chi connectivity index (χ0v) is 26.9. The summed E-state index contributed by atoms with van der Waals surface area (Å²) >= 11 is 0. The van der Waals surface area contributed by atoms with Gasteiger partial charge in [-0.15, -0.1) is 0 Å². The maximum Gasteiger partial charge on any atom is 0.211 e. The normalized spacial score (nSPS) is 16.4. The fraction of sp³-hybridized carbons (Fsp3) is 0.114. The van der Waals surface area contributed by atoms with E-state index in [0.29, 0.717) is 0 Å². The van der Waals surface area contributed by atoms with Gasteiger partial charge in [-0.2, -0.15) is 0 Å². The van der Waals surface area contributed by atoms with Gasteiger partial charge in [0.2, 0.25) is 5.96 Å². The lowest BCUT2D eigenvalue weighted by Crippen LogP contribution is -2.36. The average molecular weight is 606 g/mol. The Morgan fingerprint density at radius 1 is 0.553 bits per heavy atom. The molecule has 0 amide bonds. The Morgan fingerprint density at radius 2 is 1.23 bits per heavy atom. The highest BCUT2D eigenvalue weighted by atomic mass is 15.3. The monoisotopic (exact) mass is 605 g/mol. The van der Waals surface area contributed by atoms with Gasteiger partial charge in [0.05, 0.1) is 17.1 Å². The third-order valence-corrected chi connectivity index (χ3v) is 10.3. The molecular weight excluding hydrogens is 571 g/mol. The topological polar surface area (TPSA) is 20.5 Å². The molecule has 1 unspecified atom stereocenters. The third-order valence-electron chi connectivity index (χ3n) is 10.3. The summed E-state index contributed by atoms with van der Waals surface area (Å²) in [6, 6.07) is 50.9. The van der Waals surface area contributed by atoms with Gasteiger partial charge in [0.25, 0.3) is 0 Å². The van der Waals surface area contributed by atoms with Crippen LogP contribution in [0.25, 0.3) is 55.2 Å².